The summed E-state index contributed by atoms with van der Waals surface area (Å²) >= 11 is 0. The van der Waals surface area contributed by atoms with Crippen LogP contribution in [0.1, 0.15) is 23.8 Å². The smallest absolute Gasteiger partial charge is 0.144 e. The van der Waals surface area contributed by atoms with Crippen LogP contribution < -0.4 is 5.73 Å². The lowest BCUT2D eigenvalue weighted by molar-refractivity contribution is 0.143. The van der Waals surface area contributed by atoms with Crippen LogP contribution in [-0.4, -0.2) is 16.3 Å². The molecule has 2 unspecified atom stereocenters. The second kappa shape index (κ2) is 2.32. The van der Waals surface area contributed by atoms with Gasteiger partial charge in [-0.15, -0.1) is 0 Å². The Labute approximate surface area is 64.0 Å². The van der Waals surface area contributed by atoms with Crippen molar-refractivity contribution in [2.45, 2.75) is 25.0 Å². The molecule has 0 radical (unpaired) electrons. The van der Waals surface area contributed by atoms with Gasteiger partial charge in [-0.05, 0) is 6.42 Å². The minimum absolute atomic E-state index is 0.00505. The summed E-state index contributed by atoms with van der Waals surface area (Å²) in [5.41, 5.74) is 6.45. The van der Waals surface area contributed by atoms with Crippen LogP contribution in [0, 0.1) is 0 Å². The van der Waals surface area contributed by atoms with Crippen molar-refractivity contribution in [1.82, 2.24) is 5.16 Å². The highest BCUT2D eigenvalue weighted by Gasteiger charge is 2.26. The summed E-state index contributed by atoms with van der Waals surface area (Å²) in [5.74, 6) is 0.733. The van der Waals surface area contributed by atoms with Crippen molar-refractivity contribution in [3.8, 4) is 0 Å². The van der Waals surface area contributed by atoms with Crippen molar-refractivity contribution in [3.63, 3.8) is 0 Å². The first kappa shape index (κ1) is 6.82. The third-order valence-corrected chi connectivity index (χ3v) is 2.01. The maximum atomic E-state index is 9.44. The van der Waals surface area contributed by atoms with Crippen LogP contribution in [0.4, 0.5) is 0 Å². The van der Waals surface area contributed by atoms with E-state index < -0.39 is 6.10 Å². The van der Waals surface area contributed by atoms with Gasteiger partial charge in [0.15, 0.2) is 0 Å². The molecule has 0 spiro atoms. The Kier molecular flexibility index (Phi) is 1.44. The Bertz CT molecular complexity index is 259. The van der Waals surface area contributed by atoms with E-state index >= 15 is 0 Å². The van der Waals surface area contributed by atoms with Crippen molar-refractivity contribution < 1.29 is 9.63 Å². The average molecular weight is 154 g/mol. The highest BCUT2D eigenvalue weighted by atomic mass is 16.5. The number of hydrogen-bond acceptors (Lipinski definition) is 4. The van der Waals surface area contributed by atoms with Gasteiger partial charge in [0.2, 0.25) is 0 Å². The molecule has 1 aromatic rings. The third kappa shape index (κ3) is 1.04. The first-order chi connectivity index (χ1) is 5.27. The van der Waals surface area contributed by atoms with Gasteiger partial charge in [0, 0.05) is 18.0 Å². The molecule has 0 aliphatic heterocycles. The molecule has 4 nitrogen and oxygen atoms in total. The molecule has 3 N–H and O–H groups in total. The molecular weight excluding hydrogens is 144 g/mol. The predicted molar refractivity (Wildman–Crippen MR) is 37.8 cm³/mol. The Hall–Kier alpha value is -0.870. The van der Waals surface area contributed by atoms with Gasteiger partial charge in [0.05, 0.1) is 12.3 Å². The summed E-state index contributed by atoms with van der Waals surface area (Å²) in [6, 6.07) is 0.00505. The highest BCUT2D eigenvalue weighted by Crippen LogP contribution is 2.28. The largest absolute Gasteiger partial charge is 0.388 e. The lowest BCUT2D eigenvalue weighted by Gasteiger charge is -2.20. The summed E-state index contributed by atoms with van der Waals surface area (Å²) in [6.45, 7) is 0. The minimum Gasteiger partial charge on any atom is -0.388 e. The topological polar surface area (TPSA) is 72.3 Å². The van der Waals surface area contributed by atoms with Crippen molar-refractivity contribution in [3.05, 3.63) is 17.5 Å². The van der Waals surface area contributed by atoms with Crippen LogP contribution in [0.15, 0.2) is 10.7 Å². The monoisotopic (exact) mass is 154 g/mol. The molecule has 1 aliphatic rings. The normalized spacial score (nSPS) is 30.0. The molecule has 0 amide bonds. The second-order valence-electron chi connectivity index (χ2n) is 2.92. The third-order valence-electron chi connectivity index (χ3n) is 2.01. The van der Waals surface area contributed by atoms with E-state index in [1.54, 1.807) is 6.20 Å². The van der Waals surface area contributed by atoms with E-state index in [0.717, 1.165) is 11.3 Å². The SMILES string of the molecule is NC1Cc2oncc2C(O)C1. The Balaban J connectivity index is 2.36. The maximum absolute atomic E-state index is 9.44. The first-order valence-electron chi connectivity index (χ1n) is 3.64. The van der Waals surface area contributed by atoms with Crippen molar-refractivity contribution in [2.24, 2.45) is 5.73 Å². The molecule has 1 aliphatic carbocycles. The lowest BCUT2D eigenvalue weighted by Crippen LogP contribution is -2.29. The summed E-state index contributed by atoms with van der Waals surface area (Å²) in [4.78, 5) is 0. The molecule has 0 saturated heterocycles. The van der Waals surface area contributed by atoms with Gasteiger partial charge in [-0.25, -0.2) is 0 Å². The fourth-order valence-electron chi connectivity index (χ4n) is 1.43. The van der Waals surface area contributed by atoms with Crippen LogP contribution in [0.2, 0.25) is 0 Å². The number of aromatic nitrogens is 1. The zero-order valence-electron chi connectivity index (χ0n) is 6.03. The first-order valence-corrected chi connectivity index (χ1v) is 3.64. The van der Waals surface area contributed by atoms with E-state index in [1.807, 2.05) is 0 Å². The van der Waals surface area contributed by atoms with Gasteiger partial charge >= 0.3 is 0 Å². The van der Waals surface area contributed by atoms with Crippen LogP contribution >= 0.6 is 0 Å². The summed E-state index contributed by atoms with van der Waals surface area (Å²) in [6.07, 6.45) is 2.37. The molecule has 1 aromatic heterocycles. The molecule has 1 heterocycles. The molecule has 0 saturated carbocycles. The minimum atomic E-state index is -0.486. The molecular formula is C7H10N2O2. The predicted octanol–water partition coefficient (Wildman–Crippen LogP) is -0.0185. The van der Waals surface area contributed by atoms with E-state index in [4.69, 9.17) is 10.3 Å². The van der Waals surface area contributed by atoms with Crippen LogP contribution in [-0.2, 0) is 6.42 Å². The van der Waals surface area contributed by atoms with Gasteiger partial charge in [-0.1, -0.05) is 5.16 Å². The molecule has 0 bridgehead atoms. The lowest BCUT2D eigenvalue weighted by atomic mass is 9.93. The fraction of sp³-hybridized carbons (Fsp3) is 0.571. The summed E-state index contributed by atoms with van der Waals surface area (Å²) < 4.78 is 4.91. The number of nitrogens with two attached hydrogens (primary N) is 1. The summed E-state index contributed by atoms with van der Waals surface area (Å²) in [7, 11) is 0. The number of rotatable bonds is 0. The van der Waals surface area contributed by atoms with E-state index in [2.05, 4.69) is 5.16 Å². The fourth-order valence-corrected chi connectivity index (χ4v) is 1.43. The van der Waals surface area contributed by atoms with Crippen LogP contribution in [0.3, 0.4) is 0 Å². The quantitative estimate of drug-likeness (QED) is 0.551. The molecule has 4 heteroatoms. The zero-order chi connectivity index (χ0) is 7.84. The molecule has 11 heavy (non-hydrogen) atoms. The van der Waals surface area contributed by atoms with E-state index in [0.29, 0.717) is 12.8 Å². The molecule has 2 atom stereocenters. The van der Waals surface area contributed by atoms with Crippen molar-refractivity contribution in [2.75, 3.05) is 0 Å². The Morgan fingerprint density at radius 1 is 1.73 bits per heavy atom. The maximum Gasteiger partial charge on any atom is 0.144 e. The number of fused-ring (bicyclic) bond motifs is 1. The molecule has 60 valence electrons. The Morgan fingerprint density at radius 3 is 3.36 bits per heavy atom. The van der Waals surface area contributed by atoms with Gasteiger partial charge < -0.3 is 15.4 Å². The molecule has 0 aromatic carbocycles. The van der Waals surface area contributed by atoms with Crippen LogP contribution in [0.25, 0.3) is 0 Å². The summed E-state index contributed by atoms with van der Waals surface area (Å²) in [5, 5.41) is 13.0. The van der Waals surface area contributed by atoms with Gasteiger partial charge in [-0.3, -0.25) is 0 Å². The highest BCUT2D eigenvalue weighted by molar-refractivity contribution is 5.21. The molecule has 0 fully saturated rings. The van der Waals surface area contributed by atoms with Gasteiger partial charge in [-0.2, -0.15) is 0 Å². The van der Waals surface area contributed by atoms with Gasteiger partial charge in [0.25, 0.3) is 0 Å². The van der Waals surface area contributed by atoms with Crippen LogP contribution in [0.5, 0.6) is 0 Å². The number of hydrogen-bond donors (Lipinski definition) is 2. The number of nitrogens with zero attached hydrogens (tertiary/aromatic N) is 1. The number of aliphatic hydroxyl groups is 1. The van der Waals surface area contributed by atoms with E-state index in [9.17, 15) is 5.11 Å². The Morgan fingerprint density at radius 2 is 2.55 bits per heavy atom. The zero-order valence-corrected chi connectivity index (χ0v) is 6.03. The van der Waals surface area contributed by atoms with Crippen molar-refractivity contribution >= 4 is 0 Å². The van der Waals surface area contributed by atoms with E-state index in [-0.39, 0.29) is 6.04 Å². The average Bonchev–Trinajstić information content (AvgIpc) is 2.34. The second-order valence-corrected chi connectivity index (χ2v) is 2.92. The van der Waals surface area contributed by atoms with E-state index in [1.165, 1.54) is 0 Å². The number of aliphatic hydroxyl groups excluding tert-OH is 1. The van der Waals surface area contributed by atoms with Crippen molar-refractivity contribution in [1.29, 1.82) is 0 Å². The van der Waals surface area contributed by atoms with Gasteiger partial charge in [0.1, 0.15) is 5.76 Å². The molecule has 2 rings (SSSR count). The standard InChI is InChI=1S/C7H10N2O2/c8-4-1-6(10)5-3-9-11-7(5)2-4/h3-4,6,10H,1-2,8H2.